The summed E-state index contributed by atoms with van der Waals surface area (Å²) in [5, 5.41) is 1.50. The second-order valence-corrected chi connectivity index (χ2v) is 11.8. The fraction of sp³-hybridized carbons (Fsp3) is 0.310. The minimum atomic E-state index is 0.00710. The first-order valence-corrected chi connectivity index (χ1v) is 14.5. The monoisotopic (exact) mass is 630 g/mol. The van der Waals surface area contributed by atoms with Crippen molar-refractivity contribution in [2.24, 2.45) is 0 Å². The smallest absolute Gasteiger partial charge is 0.266 e. The van der Waals surface area contributed by atoms with Crippen molar-refractivity contribution in [2.45, 2.75) is 51.6 Å². The summed E-state index contributed by atoms with van der Waals surface area (Å²) in [5.41, 5.74) is 4.13. The van der Waals surface area contributed by atoms with Crippen molar-refractivity contribution in [1.82, 2.24) is 9.88 Å². The van der Waals surface area contributed by atoms with Gasteiger partial charge in [0, 0.05) is 39.5 Å². The number of hydrogen-bond acceptors (Lipinski definition) is 4. The van der Waals surface area contributed by atoms with Crippen LogP contribution in [-0.2, 0) is 6.54 Å². The summed E-state index contributed by atoms with van der Waals surface area (Å²) >= 11 is 10.5. The van der Waals surface area contributed by atoms with Crippen LogP contribution in [0.2, 0.25) is 5.02 Å². The average Bonchev–Trinajstić information content (AvgIpc) is 3.24. The molecule has 1 saturated carbocycles. The van der Waals surface area contributed by atoms with E-state index in [-0.39, 0.29) is 11.9 Å². The highest BCUT2D eigenvalue weighted by Crippen LogP contribution is 2.38. The Morgan fingerprint density at radius 2 is 1.92 bits per heavy atom. The van der Waals surface area contributed by atoms with Gasteiger partial charge < -0.3 is 9.64 Å². The normalized spacial score (nSPS) is 14.2. The van der Waals surface area contributed by atoms with Crippen molar-refractivity contribution < 1.29 is 9.53 Å². The van der Waals surface area contributed by atoms with Crippen LogP contribution in [0, 0.1) is 10.6 Å². The summed E-state index contributed by atoms with van der Waals surface area (Å²) in [7, 11) is 1.69. The van der Waals surface area contributed by atoms with Crippen LogP contribution >= 0.6 is 45.5 Å². The lowest BCUT2D eigenvalue weighted by atomic mass is 9.93. The molecular formula is C29H28ClIN2O2S. The first-order chi connectivity index (χ1) is 17.5. The van der Waals surface area contributed by atoms with Crippen LogP contribution in [0.25, 0.3) is 21.2 Å². The summed E-state index contributed by atoms with van der Waals surface area (Å²) in [4.78, 5) is 21.4. The maximum atomic E-state index is 14.1. The molecule has 5 rings (SSSR count). The molecule has 0 aliphatic heterocycles. The SMILES string of the molecule is COc1ccc(-c2ccc(I)nc2C)cc1CN(C(=O)c1sc2ccccc2c1Cl)C1CCCCC1. The number of benzene rings is 2. The van der Waals surface area contributed by atoms with Gasteiger partial charge in [0.2, 0.25) is 0 Å². The summed E-state index contributed by atoms with van der Waals surface area (Å²) in [6.45, 7) is 2.50. The van der Waals surface area contributed by atoms with Gasteiger partial charge in [-0.1, -0.05) is 55.1 Å². The molecule has 0 saturated heterocycles. The van der Waals surface area contributed by atoms with Gasteiger partial charge in [-0.15, -0.1) is 11.3 Å². The zero-order chi connectivity index (χ0) is 25.2. The molecule has 0 N–H and O–H groups in total. The fourth-order valence-electron chi connectivity index (χ4n) is 5.13. The molecule has 1 aliphatic carbocycles. The second kappa shape index (κ2) is 11.1. The molecule has 0 unspecified atom stereocenters. The molecule has 4 aromatic rings. The Hall–Kier alpha value is -2.16. The molecule has 2 aromatic heterocycles. The fourth-order valence-corrected chi connectivity index (χ4v) is 7.14. The Bertz CT molecular complexity index is 1410. The summed E-state index contributed by atoms with van der Waals surface area (Å²) in [5.74, 6) is 0.790. The lowest BCUT2D eigenvalue weighted by molar-refractivity contribution is 0.0618. The number of halogens is 2. The van der Waals surface area contributed by atoms with E-state index in [0.29, 0.717) is 16.4 Å². The quantitative estimate of drug-likeness (QED) is 0.158. The van der Waals surface area contributed by atoms with Crippen LogP contribution in [0.15, 0.2) is 54.6 Å². The highest BCUT2D eigenvalue weighted by Gasteiger charge is 2.30. The minimum absolute atomic E-state index is 0.00710. The molecule has 0 atom stereocenters. The number of nitrogens with zero attached hydrogens (tertiary/aromatic N) is 2. The first-order valence-electron chi connectivity index (χ1n) is 12.2. The summed E-state index contributed by atoms with van der Waals surface area (Å²) in [6.07, 6.45) is 5.52. The molecule has 7 heteroatoms. The van der Waals surface area contributed by atoms with Crippen LogP contribution in [0.1, 0.15) is 53.0 Å². The number of fused-ring (bicyclic) bond motifs is 1. The number of thiophene rings is 1. The van der Waals surface area contributed by atoms with Crippen LogP contribution in [0.5, 0.6) is 5.75 Å². The zero-order valence-electron chi connectivity index (χ0n) is 20.4. The summed E-state index contributed by atoms with van der Waals surface area (Å²) in [6, 6.07) is 18.5. The Labute approximate surface area is 234 Å². The number of hydrogen-bond donors (Lipinski definition) is 0. The molecule has 0 spiro atoms. The number of carbonyl (C=O) groups is 1. The number of pyridine rings is 1. The van der Waals surface area contributed by atoms with E-state index >= 15 is 0 Å². The van der Waals surface area contributed by atoms with E-state index in [4.69, 9.17) is 16.3 Å². The Morgan fingerprint density at radius 3 is 2.64 bits per heavy atom. The highest BCUT2D eigenvalue weighted by atomic mass is 127. The number of carbonyl (C=O) groups excluding carboxylic acids is 1. The molecule has 4 nitrogen and oxygen atoms in total. The van der Waals surface area contributed by atoms with Gasteiger partial charge in [-0.05, 0) is 78.3 Å². The zero-order valence-corrected chi connectivity index (χ0v) is 24.1. The van der Waals surface area contributed by atoms with Crippen LogP contribution < -0.4 is 4.74 Å². The van der Waals surface area contributed by atoms with Crippen molar-refractivity contribution in [3.63, 3.8) is 0 Å². The number of amides is 1. The Kier molecular flexibility index (Phi) is 7.84. The standard InChI is InChI=1S/C29H28ClIN2O2S/c1-18-22(13-15-26(31)32-18)19-12-14-24(35-2)20(16-19)17-33(21-8-4-3-5-9-21)29(34)28-27(30)23-10-6-7-11-25(23)36-28/h6-7,10-16,21H,3-5,8-9,17H2,1-2H3. The molecule has 0 radical (unpaired) electrons. The maximum Gasteiger partial charge on any atom is 0.266 e. The van der Waals surface area contributed by atoms with E-state index in [2.05, 4.69) is 45.8 Å². The third kappa shape index (κ3) is 5.13. The number of aryl methyl sites for hydroxylation is 1. The van der Waals surface area contributed by atoms with Crippen molar-refractivity contribution in [1.29, 1.82) is 0 Å². The molecule has 36 heavy (non-hydrogen) atoms. The number of ether oxygens (including phenoxy) is 1. The Balaban J connectivity index is 1.55. The van der Waals surface area contributed by atoms with Crippen molar-refractivity contribution in [2.75, 3.05) is 7.11 Å². The predicted molar refractivity (Wildman–Crippen MR) is 157 cm³/mol. The first kappa shape index (κ1) is 25.5. The van der Waals surface area contributed by atoms with Crippen molar-refractivity contribution in [3.8, 4) is 16.9 Å². The van der Waals surface area contributed by atoms with Gasteiger partial charge in [-0.25, -0.2) is 4.98 Å². The predicted octanol–water partition coefficient (Wildman–Crippen LogP) is 8.51. The topological polar surface area (TPSA) is 42.4 Å². The van der Waals surface area contributed by atoms with E-state index in [1.807, 2.05) is 48.2 Å². The van der Waals surface area contributed by atoms with Crippen molar-refractivity contribution in [3.05, 3.63) is 79.5 Å². The minimum Gasteiger partial charge on any atom is -0.496 e. The van der Waals surface area contributed by atoms with Gasteiger partial charge in [0.25, 0.3) is 5.91 Å². The molecule has 1 aliphatic rings. The lowest BCUT2D eigenvalue weighted by Crippen LogP contribution is -2.40. The number of rotatable bonds is 6. The summed E-state index contributed by atoms with van der Waals surface area (Å²) < 4.78 is 7.76. The molecule has 1 fully saturated rings. The molecule has 2 aromatic carbocycles. The molecule has 2 heterocycles. The molecule has 1 amide bonds. The second-order valence-electron chi connectivity index (χ2n) is 9.26. The van der Waals surface area contributed by atoms with Crippen LogP contribution in [0.3, 0.4) is 0 Å². The Morgan fingerprint density at radius 1 is 1.14 bits per heavy atom. The molecule has 0 bridgehead atoms. The third-order valence-electron chi connectivity index (χ3n) is 6.99. The van der Waals surface area contributed by atoms with Gasteiger partial charge in [0.15, 0.2) is 0 Å². The van der Waals surface area contributed by atoms with Gasteiger partial charge >= 0.3 is 0 Å². The van der Waals surface area contributed by atoms with E-state index < -0.39 is 0 Å². The molecule has 186 valence electrons. The van der Waals surface area contributed by atoms with Gasteiger partial charge in [0.05, 0.1) is 12.1 Å². The number of aromatic nitrogens is 1. The number of methoxy groups -OCH3 is 1. The largest absolute Gasteiger partial charge is 0.496 e. The van der Waals surface area contributed by atoms with Gasteiger partial charge in [-0.2, -0.15) is 0 Å². The van der Waals surface area contributed by atoms with E-state index in [1.165, 1.54) is 17.8 Å². The van der Waals surface area contributed by atoms with E-state index in [1.54, 1.807) is 7.11 Å². The van der Waals surface area contributed by atoms with E-state index in [0.717, 1.165) is 67.6 Å². The highest BCUT2D eigenvalue weighted by molar-refractivity contribution is 14.1. The molecular weight excluding hydrogens is 603 g/mol. The van der Waals surface area contributed by atoms with Crippen LogP contribution in [-0.4, -0.2) is 28.9 Å². The van der Waals surface area contributed by atoms with Crippen molar-refractivity contribution >= 4 is 61.5 Å². The third-order valence-corrected chi connectivity index (χ3v) is 9.25. The van der Waals surface area contributed by atoms with Gasteiger partial charge in [-0.3, -0.25) is 4.79 Å². The average molecular weight is 631 g/mol. The van der Waals surface area contributed by atoms with Gasteiger partial charge in [0.1, 0.15) is 14.3 Å². The van der Waals surface area contributed by atoms with E-state index in [9.17, 15) is 4.79 Å². The van der Waals surface area contributed by atoms with Crippen LogP contribution in [0.4, 0.5) is 0 Å². The maximum absolute atomic E-state index is 14.1. The lowest BCUT2D eigenvalue weighted by Gasteiger charge is -2.34.